The van der Waals surface area contributed by atoms with E-state index in [1.165, 1.54) is 0 Å². The maximum atomic E-state index is 13.0. The van der Waals surface area contributed by atoms with Crippen LogP contribution in [-0.2, 0) is 0 Å². The predicted octanol–water partition coefficient (Wildman–Crippen LogP) is 4.25. The largest absolute Gasteiger partial charge is 0.322 e. The molecule has 27 heavy (non-hydrogen) atoms. The highest BCUT2D eigenvalue weighted by atomic mass is 35.5. The first-order valence-electron chi connectivity index (χ1n) is 9.13. The number of hydrogen-bond acceptors (Lipinski definition) is 3. The number of hydrogen-bond donors (Lipinski definition) is 2. The number of carbonyl (C=O) groups excluding carboxylic acids is 1. The third-order valence-electron chi connectivity index (χ3n) is 4.86. The molecule has 2 N–H and O–H groups in total. The molecule has 2 aromatic carbocycles. The normalized spacial score (nSPS) is 14.9. The van der Waals surface area contributed by atoms with Crippen molar-refractivity contribution >= 4 is 23.2 Å². The maximum Gasteiger partial charge on any atom is 0.259 e. The summed E-state index contributed by atoms with van der Waals surface area (Å²) in [5.74, 6) is 0.127. The van der Waals surface area contributed by atoms with Crippen molar-refractivity contribution in [3.8, 4) is 5.69 Å². The molecule has 1 fully saturated rings. The van der Waals surface area contributed by atoms with E-state index in [9.17, 15) is 4.79 Å². The average Bonchev–Trinajstić information content (AvgIpc) is 3.15. The van der Waals surface area contributed by atoms with Crippen LogP contribution in [0.2, 0.25) is 5.02 Å². The lowest BCUT2D eigenvalue weighted by Gasteiger charge is -2.24. The first kappa shape index (κ1) is 17.8. The van der Waals surface area contributed by atoms with Crippen molar-refractivity contribution in [2.45, 2.75) is 18.8 Å². The van der Waals surface area contributed by atoms with E-state index < -0.39 is 0 Å². The minimum absolute atomic E-state index is 0.159. The Hall–Kier alpha value is -2.63. The summed E-state index contributed by atoms with van der Waals surface area (Å²) in [5, 5.41) is 11.5. The van der Waals surface area contributed by atoms with E-state index >= 15 is 0 Å². The first-order valence-corrected chi connectivity index (χ1v) is 9.51. The van der Waals surface area contributed by atoms with Crippen LogP contribution in [0.1, 0.15) is 34.8 Å². The molecule has 6 heteroatoms. The van der Waals surface area contributed by atoms with E-state index in [1.54, 1.807) is 18.3 Å². The van der Waals surface area contributed by atoms with Crippen LogP contribution in [0.3, 0.4) is 0 Å². The van der Waals surface area contributed by atoms with Crippen LogP contribution in [-0.4, -0.2) is 28.8 Å². The van der Waals surface area contributed by atoms with Crippen LogP contribution in [0.25, 0.3) is 5.69 Å². The SMILES string of the molecule is O=C(Nc1cccc(Cl)c1)c1cnn(-c2ccccc2)c1C1CCNCC1. The molecule has 0 bridgehead atoms. The topological polar surface area (TPSA) is 59.0 Å². The fraction of sp³-hybridized carbons (Fsp3) is 0.238. The van der Waals surface area contributed by atoms with Gasteiger partial charge in [0.1, 0.15) is 0 Å². The number of rotatable bonds is 4. The molecule has 0 atom stereocenters. The van der Waals surface area contributed by atoms with Gasteiger partial charge in [-0.15, -0.1) is 0 Å². The van der Waals surface area contributed by atoms with Gasteiger partial charge in [-0.05, 0) is 56.3 Å². The van der Waals surface area contributed by atoms with Gasteiger partial charge in [-0.2, -0.15) is 5.10 Å². The summed E-state index contributed by atoms with van der Waals surface area (Å²) in [5.41, 5.74) is 3.23. The van der Waals surface area contributed by atoms with Gasteiger partial charge in [-0.25, -0.2) is 4.68 Å². The number of nitrogens with one attached hydrogen (secondary N) is 2. The third-order valence-corrected chi connectivity index (χ3v) is 5.10. The highest BCUT2D eigenvalue weighted by molar-refractivity contribution is 6.31. The zero-order chi connectivity index (χ0) is 18.6. The van der Waals surface area contributed by atoms with Gasteiger partial charge in [0.15, 0.2) is 0 Å². The molecule has 0 saturated carbocycles. The highest BCUT2D eigenvalue weighted by Crippen LogP contribution is 2.30. The van der Waals surface area contributed by atoms with Crippen molar-refractivity contribution in [1.82, 2.24) is 15.1 Å². The molecule has 1 aromatic heterocycles. The summed E-state index contributed by atoms with van der Waals surface area (Å²) in [6, 6.07) is 17.1. The van der Waals surface area contributed by atoms with Gasteiger partial charge in [0.2, 0.25) is 0 Å². The van der Waals surface area contributed by atoms with Crippen LogP contribution in [0.4, 0.5) is 5.69 Å². The lowest BCUT2D eigenvalue weighted by molar-refractivity contribution is 0.102. The summed E-state index contributed by atoms with van der Waals surface area (Å²) in [7, 11) is 0. The van der Waals surface area contributed by atoms with Gasteiger partial charge in [-0.1, -0.05) is 35.9 Å². The van der Waals surface area contributed by atoms with Gasteiger partial charge < -0.3 is 10.6 Å². The fourth-order valence-electron chi connectivity index (χ4n) is 3.56. The van der Waals surface area contributed by atoms with E-state index in [-0.39, 0.29) is 11.8 Å². The van der Waals surface area contributed by atoms with Crippen LogP contribution in [0, 0.1) is 0 Å². The number of carbonyl (C=O) groups is 1. The molecule has 5 nitrogen and oxygen atoms in total. The summed E-state index contributed by atoms with van der Waals surface area (Å²) in [6.07, 6.45) is 3.64. The van der Waals surface area contributed by atoms with Crippen LogP contribution < -0.4 is 10.6 Å². The highest BCUT2D eigenvalue weighted by Gasteiger charge is 2.27. The monoisotopic (exact) mass is 380 g/mol. The average molecular weight is 381 g/mol. The van der Waals surface area contributed by atoms with Crippen molar-refractivity contribution in [3.63, 3.8) is 0 Å². The molecule has 138 valence electrons. The molecular formula is C21H21ClN4O. The molecule has 1 aliphatic heterocycles. The number of nitrogens with zero attached hydrogens (tertiary/aromatic N) is 2. The van der Waals surface area contributed by atoms with Crippen molar-refractivity contribution in [2.75, 3.05) is 18.4 Å². The van der Waals surface area contributed by atoms with Gasteiger partial charge in [0, 0.05) is 16.6 Å². The Kier molecular flexibility index (Phi) is 5.23. The minimum atomic E-state index is -0.159. The second-order valence-electron chi connectivity index (χ2n) is 6.68. The minimum Gasteiger partial charge on any atom is -0.322 e. The van der Waals surface area contributed by atoms with Crippen molar-refractivity contribution < 1.29 is 4.79 Å². The summed E-state index contributed by atoms with van der Waals surface area (Å²) < 4.78 is 1.91. The maximum absolute atomic E-state index is 13.0. The number of para-hydroxylation sites is 1. The molecule has 1 saturated heterocycles. The Bertz CT molecular complexity index is 932. The number of anilines is 1. The summed E-state index contributed by atoms with van der Waals surface area (Å²) in [4.78, 5) is 13.0. The second-order valence-corrected chi connectivity index (χ2v) is 7.12. The Labute approximate surface area is 163 Å². The molecule has 3 aromatic rings. The Balaban J connectivity index is 1.71. The fourth-order valence-corrected chi connectivity index (χ4v) is 3.75. The Morgan fingerprint density at radius 3 is 2.63 bits per heavy atom. The molecule has 4 rings (SSSR count). The zero-order valence-corrected chi connectivity index (χ0v) is 15.6. The summed E-state index contributed by atoms with van der Waals surface area (Å²) >= 11 is 6.04. The second kappa shape index (κ2) is 7.94. The van der Waals surface area contributed by atoms with E-state index in [1.807, 2.05) is 47.1 Å². The number of aromatic nitrogens is 2. The Morgan fingerprint density at radius 2 is 1.89 bits per heavy atom. The standard InChI is InChI=1S/C21H21ClN4O/c22-16-5-4-6-17(13-16)25-21(27)19-14-24-26(18-7-2-1-3-8-18)20(19)15-9-11-23-12-10-15/h1-8,13-15,23H,9-12H2,(H,25,27). The number of halogens is 1. The smallest absolute Gasteiger partial charge is 0.259 e. The Morgan fingerprint density at radius 1 is 1.11 bits per heavy atom. The van der Waals surface area contributed by atoms with Gasteiger partial charge in [0.05, 0.1) is 23.1 Å². The molecule has 0 aliphatic carbocycles. The molecule has 1 aliphatic rings. The van der Waals surface area contributed by atoms with Crippen molar-refractivity contribution in [3.05, 3.63) is 77.1 Å². The van der Waals surface area contributed by atoms with E-state index in [0.717, 1.165) is 37.3 Å². The summed E-state index contributed by atoms with van der Waals surface area (Å²) in [6.45, 7) is 1.89. The first-order chi connectivity index (χ1) is 13.2. The van der Waals surface area contributed by atoms with E-state index in [2.05, 4.69) is 15.7 Å². The molecule has 0 spiro atoms. The van der Waals surface area contributed by atoms with Crippen LogP contribution in [0.5, 0.6) is 0 Å². The molecule has 0 radical (unpaired) electrons. The molecule has 2 heterocycles. The lowest BCUT2D eigenvalue weighted by Crippen LogP contribution is -2.29. The third kappa shape index (κ3) is 3.89. The van der Waals surface area contributed by atoms with Gasteiger partial charge >= 0.3 is 0 Å². The van der Waals surface area contributed by atoms with Crippen molar-refractivity contribution in [2.24, 2.45) is 0 Å². The van der Waals surface area contributed by atoms with E-state index in [4.69, 9.17) is 11.6 Å². The zero-order valence-electron chi connectivity index (χ0n) is 14.9. The lowest BCUT2D eigenvalue weighted by atomic mass is 9.91. The molecular weight excluding hydrogens is 360 g/mol. The van der Waals surface area contributed by atoms with Crippen LogP contribution >= 0.6 is 11.6 Å². The number of benzene rings is 2. The van der Waals surface area contributed by atoms with Crippen LogP contribution in [0.15, 0.2) is 60.8 Å². The number of piperidine rings is 1. The van der Waals surface area contributed by atoms with Crippen molar-refractivity contribution in [1.29, 1.82) is 0 Å². The molecule has 1 amide bonds. The number of amides is 1. The van der Waals surface area contributed by atoms with E-state index in [0.29, 0.717) is 16.3 Å². The van der Waals surface area contributed by atoms with Gasteiger partial charge in [-0.3, -0.25) is 4.79 Å². The predicted molar refractivity (Wildman–Crippen MR) is 108 cm³/mol. The van der Waals surface area contributed by atoms with Gasteiger partial charge in [0.25, 0.3) is 5.91 Å². The molecule has 0 unspecified atom stereocenters. The quantitative estimate of drug-likeness (QED) is 0.711.